The minimum Gasteiger partial charge on any atom is -0.488 e. The highest BCUT2D eigenvalue weighted by molar-refractivity contribution is 5.82. The minimum atomic E-state index is -1.02. The highest BCUT2D eigenvalue weighted by Crippen LogP contribution is 2.46. The fourth-order valence-electron chi connectivity index (χ4n) is 6.20. The monoisotopic (exact) mass is 661 g/mol. The lowest BCUT2D eigenvalue weighted by Gasteiger charge is -2.37. The Kier molecular flexibility index (Phi) is 9.94. The molecule has 0 spiro atoms. The Morgan fingerprint density at radius 2 is 1.94 bits per heavy atom. The molecule has 1 aromatic heterocycles. The van der Waals surface area contributed by atoms with Gasteiger partial charge in [-0.05, 0) is 41.3 Å². The lowest BCUT2D eigenvalue weighted by molar-refractivity contribution is -0.386. The van der Waals surface area contributed by atoms with E-state index in [-0.39, 0.29) is 36.2 Å². The average molecular weight is 662 g/mol. The van der Waals surface area contributed by atoms with Crippen LogP contribution in [0, 0.1) is 34.3 Å². The Balaban J connectivity index is 1.35. The molecule has 1 aliphatic carbocycles. The van der Waals surface area contributed by atoms with Gasteiger partial charge in [0.1, 0.15) is 24.4 Å². The summed E-state index contributed by atoms with van der Waals surface area (Å²) in [7, 11) is 0. The van der Waals surface area contributed by atoms with Gasteiger partial charge in [0, 0.05) is 31.1 Å². The van der Waals surface area contributed by atoms with Crippen LogP contribution in [0.25, 0.3) is 5.57 Å². The van der Waals surface area contributed by atoms with Gasteiger partial charge in [-0.15, -0.1) is 0 Å². The Bertz CT molecular complexity index is 1960. The second kappa shape index (κ2) is 14.6. The summed E-state index contributed by atoms with van der Waals surface area (Å²) in [5.74, 6) is 0.592. The molecular formula is C37H35N5O7. The third-order valence-corrected chi connectivity index (χ3v) is 9.03. The molecule has 0 N–H and O–H groups in total. The zero-order chi connectivity index (χ0) is 34.4. The lowest BCUT2D eigenvalue weighted by atomic mass is 9.68. The van der Waals surface area contributed by atoms with E-state index < -0.39 is 16.0 Å². The number of allylic oxidation sites excluding steroid dienone is 3. The largest absolute Gasteiger partial charge is 0.488 e. The summed E-state index contributed by atoms with van der Waals surface area (Å²) in [6, 6.07) is 19.5. The van der Waals surface area contributed by atoms with Crippen LogP contribution in [0.4, 0.5) is 5.69 Å². The molecule has 0 bridgehead atoms. The number of aromatic nitrogens is 2. The SMILES string of the molecule is Cc1ccccc1C1=CC=CC(COc2cc(OCc3cccc(C#N)c3)c(C=O)cc2[N+](=O)[O-])(c2nc(CN3CCOCC3)no2)C1C. The van der Waals surface area contributed by atoms with Crippen LogP contribution in [0.15, 0.2) is 83.4 Å². The summed E-state index contributed by atoms with van der Waals surface area (Å²) in [5.41, 5.74) is 2.89. The molecule has 1 fully saturated rings. The smallest absolute Gasteiger partial charge is 0.311 e. The fourth-order valence-corrected chi connectivity index (χ4v) is 6.20. The molecular weight excluding hydrogens is 626 g/mol. The van der Waals surface area contributed by atoms with Crippen molar-refractivity contribution >= 4 is 17.5 Å². The molecule has 0 saturated carbocycles. The number of carbonyl (C=O) groups is 1. The summed E-state index contributed by atoms with van der Waals surface area (Å²) in [5, 5.41) is 25.8. The zero-order valence-corrected chi connectivity index (χ0v) is 27.2. The second-order valence-electron chi connectivity index (χ2n) is 12.1. The number of nitrogens with zero attached hydrogens (tertiary/aromatic N) is 5. The number of rotatable bonds is 12. The van der Waals surface area contributed by atoms with Gasteiger partial charge in [0.2, 0.25) is 11.6 Å². The first-order chi connectivity index (χ1) is 23.8. The molecule has 0 amide bonds. The van der Waals surface area contributed by atoms with Crippen molar-refractivity contribution in [2.75, 3.05) is 32.9 Å². The molecule has 2 aliphatic rings. The number of morpholine rings is 1. The number of benzene rings is 3. The molecule has 6 rings (SSSR count). The maximum absolute atomic E-state index is 12.2. The number of nitro benzene ring substituents is 1. The van der Waals surface area contributed by atoms with Crippen LogP contribution in [-0.2, 0) is 23.3 Å². The van der Waals surface area contributed by atoms with Gasteiger partial charge < -0.3 is 18.7 Å². The van der Waals surface area contributed by atoms with Crippen LogP contribution < -0.4 is 9.47 Å². The highest BCUT2D eigenvalue weighted by Gasteiger charge is 2.46. The summed E-state index contributed by atoms with van der Waals surface area (Å²) in [6.45, 7) is 7.27. The van der Waals surface area contributed by atoms with Crippen molar-refractivity contribution in [1.29, 1.82) is 5.26 Å². The topological polar surface area (TPSA) is 154 Å². The third kappa shape index (κ3) is 7.13. The standard InChI is InChI=1S/C37H35N5O7/c1-25-7-3-4-10-30(25)31-11-6-12-37(26(31)2,36-39-35(40-49-36)21-41-13-15-46-16-14-41)24-48-34-19-33(29(22-43)18-32(34)42(44)45)47-23-28-9-5-8-27(17-28)20-38/h3-12,17-19,22,26H,13-16,21,23-24H2,1-2H3. The number of hydrogen-bond donors (Lipinski definition) is 0. The van der Waals surface area contributed by atoms with Gasteiger partial charge in [0.15, 0.2) is 12.1 Å². The molecule has 12 nitrogen and oxygen atoms in total. The quantitative estimate of drug-likeness (QED) is 0.0999. The van der Waals surface area contributed by atoms with Crippen molar-refractivity contribution in [3.05, 3.63) is 129 Å². The predicted molar refractivity (Wildman–Crippen MR) is 179 cm³/mol. The normalized spacial score (nSPS) is 19.1. The predicted octanol–water partition coefficient (Wildman–Crippen LogP) is 5.99. The van der Waals surface area contributed by atoms with Gasteiger partial charge >= 0.3 is 5.69 Å². The number of hydrogen-bond acceptors (Lipinski definition) is 11. The molecule has 3 aromatic carbocycles. The van der Waals surface area contributed by atoms with Crippen molar-refractivity contribution in [1.82, 2.24) is 15.0 Å². The first-order valence-electron chi connectivity index (χ1n) is 15.9. The third-order valence-electron chi connectivity index (χ3n) is 9.03. The van der Waals surface area contributed by atoms with Crippen LogP contribution in [-0.4, -0.2) is 59.2 Å². The van der Waals surface area contributed by atoms with Crippen LogP contribution in [0.1, 0.15) is 51.3 Å². The van der Waals surface area contributed by atoms with Crippen LogP contribution in [0.5, 0.6) is 11.5 Å². The highest BCUT2D eigenvalue weighted by atomic mass is 16.6. The number of ether oxygens (including phenoxy) is 3. The van der Waals surface area contributed by atoms with E-state index in [1.165, 1.54) is 6.07 Å². The number of carbonyl (C=O) groups excluding carboxylic acids is 1. The Hall–Kier alpha value is -5.64. The van der Waals surface area contributed by atoms with Crippen LogP contribution >= 0.6 is 0 Å². The van der Waals surface area contributed by atoms with E-state index in [1.807, 2.05) is 50.3 Å². The zero-order valence-electron chi connectivity index (χ0n) is 27.2. The molecule has 250 valence electrons. The number of nitro groups is 1. The first-order valence-corrected chi connectivity index (χ1v) is 15.9. The first kappa shape index (κ1) is 33.3. The molecule has 0 radical (unpaired) electrons. The van der Waals surface area contributed by atoms with Crippen LogP contribution in [0.3, 0.4) is 0 Å². The van der Waals surface area contributed by atoms with Gasteiger partial charge in [-0.1, -0.05) is 66.7 Å². The summed E-state index contributed by atoms with van der Waals surface area (Å²) >= 11 is 0. The molecule has 2 atom stereocenters. The molecule has 12 heteroatoms. The molecule has 49 heavy (non-hydrogen) atoms. The van der Waals surface area contributed by atoms with Crippen molar-refractivity contribution in [3.63, 3.8) is 0 Å². The lowest BCUT2D eigenvalue weighted by Crippen LogP contribution is -2.40. The summed E-state index contributed by atoms with van der Waals surface area (Å²) < 4.78 is 23.7. The van der Waals surface area contributed by atoms with Gasteiger partial charge in [0.05, 0.1) is 41.9 Å². The van der Waals surface area contributed by atoms with Gasteiger partial charge in [0.25, 0.3) is 0 Å². The minimum absolute atomic E-state index is 0.00874. The van der Waals surface area contributed by atoms with E-state index in [0.717, 1.165) is 35.9 Å². The van der Waals surface area contributed by atoms with Crippen LogP contribution in [0.2, 0.25) is 0 Å². The molecule has 4 aromatic rings. The van der Waals surface area contributed by atoms with Crippen molar-refractivity contribution in [2.45, 2.75) is 32.4 Å². The Morgan fingerprint density at radius 1 is 1.12 bits per heavy atom. The molecule has 1 aliphatic heterocycles. The number of nitriles is 1. The van der Waals surface area contributed by atoms with Crippen molar-refractivity contribution in [2.24, 2.45) is 5.92 Å². The van der Waals surface area contributed by atoms with E-state index in [1.54, 1.807) is 24.3 Å². The molecule has 1 saturated heterocycles. The van der Waals surface area contributed by atoms with E-state index in [2.05, 4.69) is 22.2 Å². The van der Waals surface area contributed by atoms with Crippen molar-refractivity contribution in [3.8, 4) is 17.6 Å². The van der Waals surface area contributed by atoms with Gasteiger partial charge in [-0.3, -0.25) is 19.8 Å². The van der Waals surface area contributed by atoms with Gasteiger partial charge in [-0.25, -0.2) is 0 Å². The van der Waals surface area contributed by atoms with E-state index in [9.17, 15) is 20.2 Å². The number of aryl methyl sites for hydroxylation is 1. The number of aldehydes is 1. The summed E-state index contributed by atoms with van der Waals surface area (Å²) in [4.78, 5) is 30.7. The maximum Gasteiger partial charge on any atom is 0.311 e. The maximum atomic E-state index is 12.2. The Morgan fingerprint density at radius 3 is 2.69 bits per heavy atom. The van der Waals surface area contributed by atoms with Crippen molar-refractivity contribution < 1.29 is 28.5 Å². The molecule has 2 heterocycles. The Labute approximate surface area is 283 Å². The average Bonchev–Trinajstić information content (AvgIpc) is 3.60. The second-order valence-corrected chi connectivity index (χ2v) is 12.1. The molecule has 2 unspecified atom stereocenters. The summed E-state index contributed by atoms with van der Waals surface area (Å²) in [6.07, 6.45) is 6.41. The van der Waals surface area contributed by atoms with E-state index in [4.69, 9.17) is 23.7 Å². The van der Waals surface area contributed by atoms with E-state index in [0.29, 0.717) is 48.9 Å². The fraction of sp³-hybridized carbons (Fsp3) is 0.297. The van der Waals surface area contributed by atoms with Gasteiger partial charge in [-0.2, -0.15) is 10.2 Å². The van der Waals surface area contributed by atoms with E-state index >= 15 is 0 Å².